The number of hydrogen-bond acceptors (Lipinski definition) is 3. The van der Waals surface area contributed by atoms with Crippen LogP contribution < -0.4 is 4.74 Å². The smallest absolute Gasteiger partial charge is 0.308 e. The molecule has 1 saturated heterocycles. The molecule has 5 heteroatoms. The summed E-state index contributed by atoms with van der Waals surface area (Å²) in [5.41, 5.74) is 1.04. The van der Waals surface area contributed by atoms with Crippen LogP contribution in [0.3, 0.4) is 0 Å². The minimum absolute atomic E-state index is 0.0973. The average Bonchev–Trinajstić information content (AvgIpc) is 3.04. The van der Waals surface area contributed by atoms with Crippen LogP contribution in [0.2, 0.25) is 0 Å². The van der Waals surface area contributed by atoms with Gasteiger partial charge in [-0.25, -0.2) is 0 Å². The molecule has 1 amide bonds. The third-order valence-corrected chi connectivity index (χ3v) is 3.77. The van der Waals surface area contributed by atoms with Crippen LogP contribution in [0.4, 0.5) is 0 Å². The molecule has 2 atom stereocenters. The molecule has 1 fully saturated rings. The summed E-state index contributed by atoms with van der Waals surface area (Å²) in [4.78, 5) is 24.8. The van der Waals surface area contributed by atoms with Crippen molar-refractivity contribution in [2.45, 2.75) is 18.9 Å². The molecule has 100 valence electrons. The Morgan fingerprint density at radius 1 is 1.32 bits per heavy atom. The number of ether oxygens (including phenoxy) is 1. The van der Waals surface area contributed by atoms with E-state index < -0.39 is 18.0 Å². The van der Waals surface area contributed by atoms with E-state index in [0.717, 1.165) is 11.3 Å². The zero-order valence-electron chi connectivity index (χ0n) is 10.4. The van der Waals surface area contributed by atoms with Crippen LogP contribution in [0.15, 0.2) is 24.3 Å². The van der Waals surface area contributed by atoms with Crippen molar-refractivity contribution < 1.29 is 19.4 Å². The highest BCUT2D eigenvalue weighted by atomic mass is 16.5. The Hall–Kier alpha value is -2.04. The molecular weight excluding hydrogens is 246 g/mol. The van der Waals surface area contributed by atoms with Crippen LogP contribution in [0.1, 0.15) is 12.0 Å². The molecule has 0 bridgehead atoms. The van der Waals surface area contributed by atoms with E-state index in [9.17, 15) is 9.59 Å². The van der Waals surface area contributed by atoms with E-state index in [1.165, 1.54) is 0 Å². The van der Waals surface area contributed by atoms with Crippen molar-refractivity contribution in [3.8, 4) is 5.75 Å². The van der Waals surface area contributed by atoms with Crippen LogP contribution in [-0.2, 0) is 16.0 Å². The molecule has 1 aromatic rings. The van der Waals surface area contributed by atoms with Gasteiger partial charge in [0.25, 0.3) is 5.91 Å². The first-order valence-electron chi connectivity index (χ1n) is 6.41. The summed E-state index contributed by atoms with van der Waals surface area (Å²) in [5, 5.41) is 8.95. The van der Waals surface area contributed by atoms with Gasteiger partial charge in [0.1, 0.15) is 5.75 Å². The lowest BCUT2D eigenvalue weighted by atomic mass is 10.1. The fourth-order valence-corrected chi connectivity index (χ4v) is 2.69. The molecule has 2 aliphatic rings. The van der Waals surface area contributed by atoms with Crippen molar-refractivity contribution in [3.63, 3.8) is 0 Å². The second-order valence-electron chi connectivity index (χ2n) is 5.03. The van der Waals surface area contributed by atoms with Crippen molar-refractivity contribution >= 4 is 11.9 Å². The molecule has 1 aromatic carbocycles. The number of fused-ring (bicyclic) bond motifs is 1. The summed E-state index contributed by atoms with van der Waals surface area (Å²) in [7, 11) is 0. The van der Waals surface area contributed by atoms with E-state index in [1.54, 1.807) is 4.90 Å². The Morgan fingerprint density at radius 3 is 2.79 bits per heavy atom. The number of nitrogens with zero attached hydrogens (tertiary/aromatic N) is 1. The number of para-hydroxylation sites is 1. The van der Waals surface area contributed by atoms with Crippen LogP contribution in [0.5, 0.6) is 5.75 Å². The molecule has 0 spiro atoms. The second kappa shape index (κ2) is 4.57. The number of carbonyl (C=O) groups is 2. The molecule has 0 unspecified atom stereocenters. The molecular formula is C14H15NO4. The molecule has 0 saturated carbocycles. The molecule has 0 aromatic heterocycles. The maximum Gasteiger partial charge on any atom is 0.308 e. The van der Waals surface area contributed by atoms with Gasteiger partial charge in [-0.3, -0.25) is 9.59 Å². The second-order valence-corrected chi connectivity index (χ2v) is 5.03. The fraction of sp³-hybridized carbons (Fsp3) is 0.429. The third-order valence-electron chi connectivity index (χ3n) is 3.77. The van der Waals surface area contributed by atoms with Gasteiger partial charge in [-0.2, -0.15) is 0 Å². The first-order valence-corrected chi connectivity index (χ1v) is 6.41. The SMILES string of the molecule is O=C(O)[C@H]1CCN(C(=O)[C@@H]2Cc3ccccc3O2)C1. The maximum absolute atomic E-state index is 12.3. The molecule has 1 N–H and O–H groups in total. The van der Waals surface area contributed by atoms with Gasteiger partial charge in [0, 0.05) is 19.5 Å². The van der Waals surface area contributed by atoms with Crippen LogP contribution in [-0.4, -0.2) is 41.1 Å². The van der Waals surface area contributed by atoms with E-state index >= 15 is 0 Å². The van der Waals surface area contributed by atoms with Gasteiger partial charge in [0.15, 0.2) is 6.10 Å². The van der Waals surface area contributed by atoms with Crippen molar-refractivity contribution in [2.24, 2.45) is 5.92 Å². The number of rotatable bonds is 2. The number of likely N-dealkylation sites (tertiary alicyclic amines) is 1. The van der Waals surface area contributed by atoms with E-state index in [-0.39, 0.29) is 5.91 Å². The first kappa shape index (κ1) is 12.0. The molecule has 3 rings (SSSR count). The minimum Gasteiger partial charge on any atom is -0.481 e. The predicted octanol–water partition coefficient (Wildman–Crippen LogP) is 0.923. The summed E-state index contributed by atoms with van der Waals surface area (Å²) in [6, 6.07) is 7.60. The number of hydrogen-bond donors (Lipinski definition) is 1. The normalized spacial score (nSPS) is 24.9. The lowest BCUT2D eigenvalue weighted by Crippen LogP contribution is -2.40. The quantitative estimate of drug-likeness (QED) is 0.859. The van der Waals surface area contributed by atoms with Crippen LogP contribution in [0, 0.1) is 5.92 Å². The summed E-state index contributed by atoms with van der Waals surface area (Å²) in [6.45, 7) is 0.802. The van der Waals surface area contributed by atoms with E-state index in [2.05, 4.69) is 0 Å². The Balaban J connectivity index is 1.66. The molecule has 5 nitrogen and oxygen atoms in total. The summed E-state index contributed by atoms with van der Waals surface area (Å²) >= 11 is 0. The number of amides is 1. The van der Waals surface area contributed by atoms with E-state index in [4.69, 9.17) is 9.84 Å². The Kier molecular flexibility index (Phi) is 2.89. The highest BCUT2D eigenvalue weighted by Crippen LogP contribution is 2.30. The molecule has 19 heavy (non-hydrogen) atoms. The number of carbonyl (C=O) groups excluding carboxylic acids is 1. The zero-order chi connectivity index (χ0) is 13.4. The molecule has 2 aliphatic heterocycles. The summed E-state index contributed by atoms with van der Waals surface area (Å²) < 4.78 is 5.64. The molecule has 0 aliphatic carbocycles. The third kappa shape index (κ3) is 2.16. The van der Waals surface area contributed by atoms with Crippen LogP contribution in [0.25, 0.3) is 0 Å². The summed E-state index contributed by atoms with van der Waals surface area (Å²) in [5.74, 6) is -0.603. The zero-order valence-corrected chi connectivity index (χ0v) is 10.4. The number of carboxylic acids is 1. The van der Waals surface area contributed by atoms with Gasteiger partial charge in [0.2, 0.25) is 0 Å². The first-order chi connectivity index (χ1) is 9.15. The number of aliphatic carboxylic acids is 1. The van der Waals surface area contributed by atoms with Gasteiger partial charge < -0.3 is 14.7 Å². The van der Waals surface area contributed by atoms with E-state index in [1.807, 2.05) is 24.3 Å². The maximum atomic E-state index is 12.3. The van der Waals surface area contributed by atoms with Crippen molar-refractivity contribution in [1.82, 2.24) is 4.90 Å². The number of carboxylic acid groups (broad SMARTS) is 1. The highest BCUT2D eigenvalue weighted by Gasteiger charge is 2.37. The van der Waals surface area contributed by atoms with Crippen molar-refractivity contribution in [3.05, 3.63) is 29.8 Å². The standard InChI is InChI=1S/C14H15NO4/c16-13(15-6-5-10(8-15)14(17)18)12-7-9-3-1-2-4-11(9)19-12/h1-4,10,12H,5-8H2,(H,17,18)/t10-,12-/m0/s1. The van der Waals surface area contributed by atoms with Crippen molar-refractivity contribution in [1.29, 1.82) is 0 Å². The van der Waals surface area contributed by atoms with E-state index in [0.29, 0.717) is 25.9 Å². The largest absolute Gasteiger partial charge is 0.481 e. The monoisotopic (exact) mass is 261 g/mol. The topological polar surface area (TPSA) is 66.8 Å². The lowest BCUT2D eigenvalue weighted by Gasteiger charge is -2.19. The summed E-state index contributed by atoms with van der Waals surface area (Å²) in [6.07, 6.45) is 0.606. The van der Waals surface area contributed by atoms with Crippen LogP contribution >= 0.6 is 0 Å². The number of benzene rings is 1. The fourth-order valence-electron chi connectivity index (χ4n) is 2.69. The molecule has 2 heterocycles. The minimum atomic E-state index is -0.828. The van der Waals surface area contributed by atoms with Gasteiger partial charge >= 0.3 is 5.97 Å². The van der Waals surface area contributed by atoms with Gasteiger partial charge in [-0.05, 0) is 18.1 Å². The Labute approximate surface area is 110 Å². The lowest BCUT2D eigenvalue weighted by molar-refractivity contribution is -0.142. The van der Waals surface area contributed by atoms with Crippen molar-refractivity contribution in [2.75, 3.05) is 13.1 Å². The Bertz CT molecular complexity index is 503. The van der Waals surface area contributed by atoms with Gasteiger partial charge in [-0.15, -0.1) is 0 Å². The molecule has 0 radical (unpaired) electrons. The Morgan fingerprint density at radius 2 is 2.11 bits per heavy atom. The predicted molar refractivity (Wildman–Crippen MR) is 66.9 cm³/mol. The van der Waals surface area contributed by atoms with Gasteiger partial charge in [-0.1, -0.05) is 18.2 Å². The average molecular weight is 261 g/mol. The highest BCUT2D eigenvalue weighted by molar-refractivity contribution is 5.84. The van der Waals surface area contributed by atoms with Gasteiger partial charge in [0.05, 0.1) is 5.92 Å².